The zero-order chi connectivity index (χ0) is 14.8. The SMILES string of the molecule is COc1ccccc1C1CC(Nc2ccc(C)c(O)c2)C1. The highest BCUT2D eigenvalue weighted by Gasteiger charge is 2.31. The van der Waals surface area contributed by atoms with Crippen molar-refractivity contribution in [3.63, 3.8) is 0 Å². The van der Waals surface area contributed by atoms with Gasteiger partial charge in [0.25, 0.3) is 0 Å². The molecule has 1 fully saturated rings. The number of aryl methyl sites for hydroxylation is 1. The first-order valence-corrected chi connectivity index (χ1v) is 7.36. The highest BCUT2D eigenvalue weighted by Crippen LogP contribution is 2.42. The van der Waals surface area contributed by atoms with Crippen LogP contribution in [0.4, 0.5) is 5.69 Å². The number of para-hydroxylation sites is 1. The molecule has 0 saturated heterocycles. The molecule has 1 aliphatic carbocycles. The van der Waals surface area contributed by atoms with E-state index >= 15 is 0 Å². The molecule has 0 heterocycles. The summed E-state index contributed by atoms with van der Waals surface area (Å²) in [6.45, 7) is 1.90. The molecule has 1 saturated carbocycles. The Balaban J connectivity index is 1.62. The number of anilines is 1. The van der Waals surface area contributed by atoms with Gasteiger partial charge in [-0.25, -0.2) is 0 Å². The summed E-state index contributed by atoms with van der Waals surface area (Å²) in [5, 5.41) is 13.2. The van der Waals surface area contributed by atoms with Crippen molar-refractivity contribution in [2.45, 2.75) is 31.7 Å². The first-order valence-electron chi connectivity index (χ1n) is 7.36. The maximum Gasteiger partial charge on any atom is 0.122 e. The number of ether oxygens (including phenoxy) is 1. The fourth-order valence-corrected chi connectivity index (χ4v) is 2.93. The largest absolute Gasteiger partial charge is 0.508 e. The van der Waals surface area contributed by atoms with E-state index in [0.717, 1.165) is 29.8 Å². The highest BCUT2D eigenvalue weighted by molar-refractivity contribution is 5.52. The predicted molar refractivity (Wildman–Crippen MR) is 85.2 cm³/mol. The van der Waals surface area contributed by atoms with Crippen LogP contribution in [0.25, 0.3) is 0 Å². The molecule has 1 aliphatic rings. The molecule has 0 bridgehead atoms. The second-order valence-electron chi connectivity index (χ2n) is 5.75. The van der Waals surface area contributed by atoms with E-state index in [1.54, 1.807) is 13.2 Å². The van der Waals surface area contributed by atoms with Gasteiger partial charge < -0.3 is 15.2 Å². The lowest BCUT2D eigenvalue weighted by Crippen LogP contribution is -2.34. The molecule has 0 atom stereocenters. The Morgan fingerprint density at radius 2 is 1.90 bits per heavy atom. The van der Waals surface area contributed by atoms with Gasteiger partial charge in [-0.3, -0.25) is 0 Å². The molecule has 0 radical (unpaired) electrons. The first kappa shape index (κ1) is 13.8. The zero-order valence-electron chi connectivity index (χ0n) is 12.5. The summed E-state index contributed by atoms with van der Waals surface area (Å²) in [4.78, 5) is 0. The Morgan fingerprint density at radius 3 is 2.62 bits per heavy atom. The Morgan fingerprint density at radius 1 is 1.14 bits per heavy atom. The number of benzene rings is 2. The van der Waals surface area contributed by atoms with Crippen LogP contribution in [0.3, 0.4) is 0 Å². The lowest BCUT2D eigenvalue weighted by molar-refractivity contribution is 0.349. The van der Waals surface area contributed by atoms with E-state index in [2.05, 4.69) is 17.4 Å². The Bertz CT molecular complexity index is 633. The monoisotopic (exact) mass is 283 g/mol. The van der Waals surface area contributed by atoms with E-state index in [1.807, 2.05) is 31.2 Å². The number of hydrogen-bond donors (Lipinski definition) is 2. The Hall–Kier alpha value is -2.16. The van der Waals surface area contributed by atoms with E-state index in [-0.39, 0.29) is 0 Å². The maximum absolute atomic E-state index is 9.75. The van der Waals surface area contributed by atoms with Crippen molar-refractivity contribution in [1.29, 1.82) is 0 Å². The van der Waals surface area contributed by atoms with Crippen molar-refractivity contribution >= 4 is 5.69 Å². The third kappa shape index (κ3) is 2.82. The van der Waals surface area contributed by atoms with Gasteiger partial charge in [0.2, 0.25) is 0 Å². The normalized spacial score (nSPS) is 20.7. The third-order valence-electron chi connectivity index (χ3n) is 4.30. The first-order chi connectivity index (χ1) is 10.2. The van der Waals surface area contributed by atoms with Crippen molar-refractivity contribution in [2.75, 3.05) is 12.4 Å². The summed E-state index contributed by atoms with van der Waals surface area (Å²) in [5.41, 5.74) is 3.19. The summed E-state index contributed by atoms with van der Waals surface area (Å²) in [6.07, 6.45) is 2.18. The van der Waals surface area contributed by atoms with Gasteiger partial charge in [-0.05, 0) is 48.9 Å². The minimum absolute atomic E-state index is 0.348. The van der Waals surface area contributed by atoms with Gasteiger partial charge in [0, 0.05) is 17.8 Å². The lowest BCUT2D eigenvalue weighted by Gasteiger charge is -2.37. The lowest BCUT2D eigenvalue weighted by atomic mass is 9.75. The van der Waals surface area contributed by atoms with E-state index in [4.69, 9.17) is 4.74 Å². The molecule has 0 amide bonds. The van der Waals surface area contributed by atoms with E-state index in [1.165, 1.54) is 5.56 Å². The van der Waals surface area contributed by atoms with Gasteiger partial charge in [0.05, 0.1) is 7.11 Å². The van der Waals surface area contributed by atoms with Crippen LogP contribution in [0.2, 0.25) is 0 Å². The van der Waals surface area contributed by atoms with E-state index in [9.17, 15) is 5.11 Å². The molecule has 0 aliphatic heterocycles. The molecule has 2 aromatic rings. The molecule has 0 spiro atoms. The highest BCUT2D eigenvalue weighted by atomic mass is 16.5. The average Bonchev–Trinajstić information content (AvgIpc) is 2.46. The van der Waals surface area contributed by atoms with Crippen molar-refractivity contribution < 1.29 is 9.84 Å². The summed E-state index contributed by atoms with van der Waals surface area (Å²) in [6, 6.07) is 14.5. The van der Waals surface area contributed by atoms with Crippen LogP contribution in [0, 0.1) is 6.92 Å². The number of hydrogen-bond acceptors (Lipinski definition) is 3. The summed E-state index contributed by atoms with van der Waals surface area (Å²) < 4.78 is 5.43. The standard InChI is InChI=1S/C18H21NO2/c1-12-7-8-14(11-17(12)20)19-15-9-13(10-15)16-5-3-4-6-18(16)21-2/h3-8,11,13,15,19-20H,9-10H2,1-2H3. The minimum atomic E-state index is 0.348. The number of phenols is 1. The molecule has 21 heavy (non-hydrogen) atoms. The Labute approximate surface area is 125 Å². The predicted octanol–water partition coefficient (Wildman–Crippen LogP) is 4.07. The number of aromatic hydroxyl groups is 1. The topological polar surface area (TPSA) is 41.5 Å². The molecule has 3 nitrogen and oxygen atoms in total. The molecule has 2 N–H and O–H groups in total. The number of rotatable bonds is 4. The van der Waals surface area contributed by atoms with Crippen LogP contribution in [0.15, 0.2) is 42.5 Å². The summed E-state index contributed by atoms with van der Waals surface area (Å²) >= 11 is 0. The van der Waals surface area contributed by atoms with Crippen LogP contribution in [0.1, 0.15) is 29.9 Å². The fraction of sp³-hybridized carbons (Fsp3) is 0.333. The third-order valence-corrected chi connectivity index (χ3v) is 4.30. The smallest absolute Gasteiger partial charge is 0.122 e. The van der Waals surface area contributed by atoms with Crippen LogP contribution >= 0.6 is 0 Å². The van der Waals surface area contributed by atoms with Gasteiger partial charge >= 0.3 is 0 Å². The zero-order valence-corrected chi connectivity index (χ0v) is 12.5. The van der Waals surface area contributed by atoms with Crippen molar-refractivity contribution in [1.82, 2.24) is 0 Å². The van der Waals surface area contributed by atoms with Crippen LogP contribution < -0.4 is 10.1 Å². The molecule has 3 heteroatoms. The molecule has 0 aromatic heterocycles. The van der Waals surface area contributed by atoms with Crippen LogP contribution in [-0.4, -0.2) is 18.3 Å². The van der Waals surface area contributed by atoms with Crippen LogP contribution in [-0.2, 0) is 0 Å². The van der Waals surface area contributed by atoms with Crippen LogP contribution in [0.5, 0.6) is 11.5 Å². The summed E-state index contributed by atoms with van der Waals surface area (Å²) in [5.74, 6) is 1.88. The van der Waals surface area contributed by atoms with E-state index < -0.39 is 0 Å². The molecule has 3 rings (SSSR count). The molecule has 2 aromatic carbocycles. The number of nitrogens with one attached hydrogen (secondary N) is 1. The molecule has 0 unspecified atom stereocenters. The minimum Gasteiger partial charge on any atom is -0.508 e. The number of phenolic OH excluding ortho intramolecular Hbond substituents is 1. The Kier molecular flexibility index (Phi) is 3.74. The maximum atomic E-state index is 9.75. The molecule has 110 valence electrons. The summed E-state index contributed by atoms with van der Waals surface area (Å²) in [7, 11) is 1.72. The fourth-order valence-electron chi connectivity index (χ4n) is 2.93. The number of methoxy groups -OCH3 is 1. The van der Waals surface area contributed by atoms with Gasteiger partial charge in [-0.15, -0.1) is 0 Å². The average molecular weight is 283 g/mol. The molecular formula is C18H21NO2. The van der Waals surface area contributed by atoms with Gasteiger partial charge in [0.1, 0.15) is 11.5 Å². The van der Waals surface area contributed by atoms with Gasteiger partial charge in [-0.2, -0.15) is 0 Å². The van der Waals surface area contributed by atoms with Crippen molar-refractivity contribution in [2.24, 2.45) is 0 Å². The molecular weight excluding hydrogens is 262 g/mol. The van der Waals surface area contributed by atoms with Crippen molar-refractivity contribution in [3.8, 4) is 11.5 Å². The second kappa shape index (κ2) is 5.68. The van der Waals surface area contributed by atoms with Gasteiger partial charge in [-0.1, -0.05) is 24.3 Å². The second-order valence-corrected chi connectivity index (χ2v) is 5.75. The van der Waals surface area contributed by atoms with E-state index in [0.29, 0.717) is 17.7 Å². The van der Waals surface area contributed by atoms with Crippen molar-refractivity contribution in [3.05, 3.63) is 53.6 Å². The van der Waals surface area contributed by atoms with Gasteiger partial charge in [0.15, 0.2) is 0 Å². The quantitative estimate of drug-likeness (QED) is 0.889.